The highest BCUT2D eigenvalue weighted by molar-refractivity contribution is 5.90. The number of carbonyl (C=O) groups excluding carboxylic acids is 1. The van der Waals surface area contributed by atoms with E-state index in [1.54, 1.807) is 7.05 Å². The van der Waals surface area contributed by atoms with E-state index in [1.807, 2.05) is 12.1 Å². The topological polar surface area (TPSA) is 85.0 Å². The van der Waals surface area contributed by atoms with Gasteiger partial charge in [-0.25, -0.2) is 4.98 Å². The Morgan fingerprint density at radius 2 is 1.83 bits per heavy atom. The minimum absolute atomic E-state index is 0.0911. The highest BCUT2D eigenvalue weighted by Crippen LogP contribution is 2.15. The predicted octanol–water partition coefficient (Wildman–Crippen LogP) is 2.14. The average molecular weight is 394 g/mol. The van der Waals surface area contributed by atoms with Crippen LogP contribution in [0.2, 0.25) is 0 Å². The van der Waals surface area contributed by atoms with Crippen LogP contribution in [0.4, 0.5) is 5.69 Å². The summed E-state index contributed by atoms with van der Waals surface area (Å²) in [5, 5.41) is 7.29. The van der Waals surface area contributed by atoms with E-state index in [0.717, 1.165) is 25.3 Å². The van der Waals surface area contributed by atoms with Crippen molar-refractivity contribution in [2.24, 2.45) is 7.05 Å². The Morgan fingerprint density at radius 1 is 1.10 bits per heavy atom. The first-order valence-corrected chi connectivity index (χ1v) is 10.1. The van der Waals surface area contributed by atoms with Gasteiger partial charge in [-0.05, 0) is 43.6 Å². The lowest BCUT2D eigenvalue weighted by Gasteiger charge is -2.19. The van der Waals surface area contributed by atoms with Gasteiger partial charge in [0, 0.05) is 19.3 Å². The molecule has 1 fully saturated rings. The molecule has 0 saturated carbocycles. The van der Waals surface area contributed by atoms with Crippen molar-refractivity contribution in [3.05, 3.63) is 52.7 Å². The molecule has 1 N–H and O–H groups in total. The van der Waals surface area contributed by atoms with Crippen LogP contribution >= 0.6 is 0 Å². The van der Waals surface area contributed by atoms with Crippen molar-refractivity contribution in [3.63, 3.8) is 0 Å². The third-order valence-electron chi connectivity index (χ3n) is 5.37. The summed E-state index contributed by atoms with van der Waals surface area (Å²) >= 11 is 0. The molecule has 1 aliphatic heterocycles. The summed E-state index contributed by atoms with van der Waals surface area (Å²) in [6.07, 6.45) is 8.06. The molecule has 29 heavy (non-hydrogen) atoms. The van der Waals surface area contributed by atoms with Gasteiger partial charge in [-0.2, -0.15) is 5.10 Å². The molecule has 2 aromatic heterocycles. The molecule has 3 aromatic rings. The Hall–Kier alpha value is -3.00. The molecule has 1 aliphatic rings. The summed E-state index contributed by atoms with van der Waals surface area (Å²) in [4.78, 5) is 31.6. The number of nitrogens with zero attached hydrogens (tertiary/aromatic N) is 5. The number of likely N-dealkylation sites (tertiary alicyclic amines) is 1. The van der Waals surface area contributed by atoms with Crippen LogP contribution in [0.15, 0.2) is 41.6 Å². The van der Waals surface area contributed by atoms with Gasteiger partial charge >= 0.3 is 0 Å². The van der Waals surface area contributed by atoms with Gasteiger partial charge in [-0.3, -0.25) is 23.7 Å². The van der Waals surface area contributed by atoms with E-state index in [1.165, 1.54) is 53.0 Å². The number of aromatic nitrogens is 4. The van der Waals surface area contributed by atoms with Gasteiger partial charge < -0.3 is 5.32 Å². The zero-order valence-corrected chi connectivity index (χ0v) is 16.7. The van der Waals surface area contributed by atoms with Crippen molar-refractivity contribution in [3.8, 4) is 0 Å². The van der Waals surface area contributed by atoms with Crippen LogP contribution in [0.25, 0.3) is 11.0 Å². The van der Waals surface area contributed by atoms with E-state index in [0.29, 0.717) is 11.0 Å². The Balaban J connectivity index is 1.37. The third-order valence-corrected chi connectivity index (χ3v) is 5.37. The standard InChI is InChI=1S/C21H26N6O2/c1-25-20-18(12-23-25)21(29)27(15-22-20)14-19(28)24-17-8-6-16(7-9-17)13-26-10-4-2-3-5-11-26/h6-9,12,15H,2-5,10-11,13-14H2,1H3,(H,24,28). The SMILES string of the molecule is Cn1ncc2c(=O)n(CC(=O)Nc3ccc(CN4CCCCCC4)cc3)cnc21. The quantitative estimate of drug-likeness (QED) is 0.717. The second-order valence-electron chi connectivity index (χ2n) is 7.62. The number of benzene rings is 1. The van der Waals surface area contributed by atoms with Crippen LogP contribution in [0, 0.1) is 0 Å². The van der Waals surface area contributed by atoms with E-state index in [4.69, 9.17) is 0 Å². The van der Waals surface area contributed by atoms with Gasteiger partial charge in [-0.15, -0.1) is 0 Å². The fourth-order valence-electron chi connectivity index (χ4n) is 3.78. The van der Waals surface area contributed by atoms with Gasteiger partial charge in [0.1, 0.15) is 18.3 Å². The summed E-state index contributed by atoms with van der Waals surface area (Å²) in [6, 6.07) is 7.93. The molecule has 152 valence electrons. The van der Waals surface area contributed by atoms with E-state index in [-0.39, 0.29) is 18.0 Å². The van der Waals surface area contributed by atoms with E-state index < -0.39 is 0 Å². The zero-order chi connectivity index (χ0) is 20.2. The average Bonchev–Trinajstić information content (AvgIpc) is 2.91. The summed E-state index contributed by atoms with van der Waals surface area (Å²) in [7, 11) is 1.72. The van der Waals surface area contributed by atoms with Crippen molar-refractivity contribution in [1.29, 1.82) is 0 Å². The van der Waals surface area contributed by atoms with Gasteiger partial charge in [0.25, 0.3) is 5.56 Å². The maximum atomic E-state index is 12.5. The molecule has 0 aliphatic carbocycles. The van der Waals surface area contributed by atoms with Crippen LogP contribution in [0.3, 0.4) is 0 Å². The highest BCUT2D eigenvalue weighted by atomic mass is 16.2. The summed E-state index contributed by atoms with van der Waals surface area (Å²) < 4.78 is 2.83. The molecule has 0 unspecified atom stereocenters. The van der Waals surface area contributed by atoms with Crippen LogP contribution in [-0.4, -0.2) is 43.2 Å². The Morgan fingerprint density at radius 3 is 2.55 bits per heavy atom. The minimum Gasteiger partial charge on any atom is -0.325 e. The molecular weight excluding hydrogens is 368 g/mol. The van der Waals surface area contributed by atoms with Crippen LogP contribution < -0.4 is 10.9 Å². The van der Waals surface area contributed by atoms with Gasteiger partial charge in [0.15, 0.2) is 5.65 Å². The van der Waals surface area contributed by atoms with E-state index in [2.05, 4.69) is 32.4 Å². The van der Waals surface area contributed by atoms with Crippen LogP contribution in [-0.2, 0) is 24.9 Å². The number of nitrogens with one attached hydrogen (secondary N) is 1. The monoisotopic (exact) mass is 394 g/mol. The predicted molar refractivity (Wildman–Crippen MR) is 112 cm³/mol. The summed E-state index contributed by atoms with van der Waals surface area (Å²) in [5.74, 6) is -0.266. The normalized spacial score (nSPS) is 15.3. The van der Waals surface area contributed by atoms with Gasteiger partial charge in [0.2, 0.25) is 5.91 Å². The molecule has 8 nitrogen and oxygen atoms in total. The molecule has 1 saturated heterocycles. The molecule has 1 amide bonds. The first-order valence-electron chi connectivity index (χ1n) is 10.1. The van der Waals surface area contributed by atoms with E-state index in [9.17, 15) is 9.59 Å². The summed E-state index contributed by atoms with van der Waals surface area (Å²) in [6.45, 7) is 3.16. The lowest BCUT2D eigenvalue weighted by atomic mass is 10.2. The maximum absolute atomic E-state index is 12.5. The molecule has 0 radical (unpaired) electrons. The zero-order valence-electron chi connectivity index (χ0n) is 16.7. The minimum atomic E-state index is -0.272. The Labute approximate surface area is 169 Å². The van der Waals surface area contributed by atoms with Crippen molar-refractivity contribution in [1.82, 2.24) is 24.2 Å². The van der Waals surface area contributed by atoms with E-state index >= 15 is 0 Å². The molecule has 4 rings (SSSR count). The molecule has 1 aromatic carbocycles. The van der Waals surface area contributed by atoms with Crippen LogP contribution in [0.5, 0.6) is 0 Å². The number of hydrogen-bond acceptors (Lipinski definition) is 5. The number of rotatable bonds is 5. The second-order valence-corrected chi connectivity index (χ2v) is 7.62. The molecule has 0 spiro atoms. The third kappa shape index (κ3) is 4.54. The number of anilines is 1. The molecule has 0 bridgehead atoms. The number of hydrogen-bond donors (Lipinski definition) is 1. The second kappa shape index (κ2) is 8.57. The van der Waals surface area contributed by atoms with Crippen molar-refractivity contribution < 1.29 is 4.79 Å². The molecular formula is C21H26N6O2. The highest BCUT2D eigenvalue weighted by Gasteiger charge is 2.12. The molecule has 3 heterocycles. The van der Waals surface area contributed by atoms with Crippen molar-refractivity contribution >= 4 is 22.6 Å². The van der Waals surface area contributed by atoms with Gasteiger partial charge in [-0.1, -0.05) is 25.0 Å². The Bertz CT molecular complexity index is 1050. The van der Waals surface area contributed by atoms with Gasteiger partial charge in [0.05, 0.1) is 6.20 Å². The van der Waals surface area contributed by atoms with Crippen molar-refractivity contribution in [2.75, 3.05) is 18.4 Å². The number of amides is 1. The fourth-order valence-corrected chi connectivity index (χ4v) is 3.78. The first-order chi connectivity index (χ1) is 14.1. The number of aryl methyl sites for hydroxylation is 1. The lowest BCUT2D eigenvalue weighted by Crippen LogP contribution is -2.27. The maximum Gasteiger partial charge on any atom is 0.264 e. The lowest BCUT2D eigenvalue weighted by molar-refractivity contribution is -0.116. The first kappa shape index (κ1) is 19.3. The molecule has 8 heteroatoms. The fraction of sp³-hybridized carbons (Fsp3) is 0.429. The van der Waals surface area contributed by atoms with Crippen LogP contribution in [0.1, 0.15) is 31.2 Å². The summed E-state index contributed by atoms with van der Waals surface area (Å²) in [5.41, 5.74) is 2.20. The molecule has 0 atom stereocenters. The number of fused-ring (bicyclic) bond motifs is 1. The largest absolute Gasteiger partial charge is 0.325 e. The Kier molecular flexibility index (Phi) is 5.71. The number of carbonyl (C=O) groups is 1. The van der Waals surface area contributed by atoms with Crippen molar-refractivity contribution in [2.45, 2.75) is 38.8 Å². The smallest absolute Gasteiger partial charge is 0.264 e.